The van der Waals surface area contributed by atoms with Gasteiger partial charge in [0.05, 0.1) is 0 Å². The number of hydrogen-bond donors (Lipinski definition) is 0. The Labute approximate surface area is 55.3 Å². The molecule has 9 heavy (non-hydrogen) atoms. The van der Waals surface area contributed by atoms with E-state index in [1.165, 1.54) is 5.57 Å². The van der Waals surface area contributed by atoms with Crippen molar-refractivity contribution in [1.82, 2.24) is 0 Å². The maximum absolute atomic E-state index is 5.18. The average molecular weight is 122 g/mol. The molecular formula is C8H10O. The fourth-order valence-electron chi connectivity index (χ4n) is 0.939. The second-order valence-corrected chi connectivity index (χ2v) is 1.86. The monoisotopic (exact) mass is 122 g/mol. The van der Waals surface area contributed by atoms with Crippen LogP contribution >= 0.6 is 0 Å². The Morgan fingerprint density at radius 3 is 3.11 bits per heavy atom. The smallest absolute Gasteiger partial charge is 0.126 e. The summed E-state index contributed by atoms with van der Waals surface area (Å²) >= 11 is 0. The molecule has 0 N–H and O–H groups in total. The molecule has 0 bridgehead atoms. The van der Waals surface area contributed by atoms with E-state index in [0.717, 1.165) is 12.4 Å². The fourth-order valence-corrected chi connectivity index (χ4v) is 0.939. The predicted octanol–water partition coefficient (Wildman–Crippen LogP) is 2.03. The summed E-state index contributed by atoms with van der Waals surface area (Å²) in [6.45, 7) is 0.755. The van der Waals surface area contributed by atoms with Crippen LogP contribution in [0.3, 0.4) is 0 Å². The highest BCUT2D eigenvalue weighted by atomic mass is 16.5. The summed E-state index contributed by atoms with van der Waals surface area (Å²) < 4.78 is 5.18. The molecule has 2 rings (SSSR count). The molecule has 48 valence electrons. The highest BCUT2D eigenvalue weighted by Crippen LogP contribution is 2.23. The molecule has 0 aromatic rings. The first-order chi connectivity index (χ1) is 3.97. The zero-order chi connectivity index (χ0) is 5.40. The Balaban J connectivity index is 0.000000405. The number of hydrogen-bond acceptors (Lipinski definition) is 1. The molecule has 0 fully saturated rings. The molecule has 1 nitrogen and oxygen atoms in total. The molecule has 0 aromatic carbocycles. The minimum absolute atomic E-state index is 0. The standard InChI is InChI=1S/C7H6O.CH4/c1-2-6-4-5-8-7(6)3-1;/h1-4H,5H2;1H4. The molecule has 1 heteroatoms. The lowest BCUT2D eigenvalue weighted by atomic mass is 10.3. The number of rotatable bonds is 0. The highest BCUT2D eigenvalue weighted by Gasteiger charge is 2.11. The Morgan fingerprint density at radius 2 is 2.33 bits per heavy atom. The number of allylic oxidation sites excluding steroid dienone is 3. The molecule has 2 aliphatic rings. The summed E-state index contributed by atoms with van der Waals surface area (Å²) in [7, 11) is 0. The first-order valence-electron chi connectivity index (χ1n) is 2.68. The van der Waals surface area contributed by atoms with Crippen molar-refractivity contribution in [2.24, 2.45) is 0 Å². The largest absolute Gasteiger partial charge is 0.489 e. The van der Waals surface area contributed by atoms with E-state index in [0.29, 0.717) is 0 Å². The van der Waals surface area contributed by atoms with Crippen LogP contribution in [0.4, 0.5) is 0 Å². The van der Waals surface area contributed by atoms with Crippen molar-refractivity contribution in [1.29, 1.82) is 0 Å². The van der Waals surface area contributed by atoms with Crippen LogP contribution in [-0.2, 0) is 4.74 Å². The van der Waals surface area contributed by atoms with Crippen LogP contribution in [0.2, 0.25) is 0 Å². The van der Waals surface area contributed by atoms with E-state index >= 15 is 0 Å². The van der Waals surface area contributed by atoms with Gasteiger partial charge in [-0.3, -0.25) is 0 Å². The van der Waals surface area contributed by atoms with Crippen LogP contribution < -0.4 is 0 Å². The normalized spacial score (nSPS) is 19.6. The minimum atomic E-state index is 0. The van der Waals surface area contributed by atoms with Crippen molar-refractivity contribution in [2.75, 3.05) is 6.61 Å². The molecule has 0 spiro atoms. The van der Waals surface area contributed by atoms with E-state index in [2.05, 4.69) is 12.2 Å². The third-order valence-corrected chi connectivity index (χ3v) is 1.35. The first kappa shape index (κ1) is 6.14. The first-order valence-corrected chi connectivity index (χ1v) is 2.68. The molecule has 0 saturated heterocycles. The predicted molar refractivity (Wildman–Crippen MR) is 38.0 cm³/mol. The van der Waals surface area contributed by atoms with Crippen LogP contribution in [0.1, 0.15) is 7.43 Å². The zero-order valence-electron chi connectivity index (χ0n) is 4.42. The zero-order valence-corrected chi connectivity index (χ0v) is 4.42. The average Bonchev–Trinajstić information content (AvgIpc) is 2.15. The molecule has 0 amide bonds. The van der Waals surface area contributed by atoms with Gasteiger partial charge in [-0.25, -0.2) is 0 Å². The minimum Gasteiger partial charge on any atom is -0.489 e. The maximum atomic E-state index is 5.18. The molecule has 1 aliphatic heterocycles. The van der Waals surface area contributed by atoms with Gasteiger partial charge in [-0.05, 0) is 12.2 Å². The molecule has 1 aliphatic carbocycles. The maximum Gasteiger partial charge on any atom is 0.126 e. The van der Waals surface area contributed by atoms with Gasteiger partial charge in [-0.15, -0.1) is 0 Å². The fraction of sp³-hybridized carbons (Fsp3) is 0.250. The third-order valence-electron chi connectivity index (χ3n) is 1.35. The van der Waals surface area contributed by atoms with Gasteiger partial charge in [-0.2, -0.15) is 0 Å². The summed E-state index contributed by atoms with van der Waals surface area (Å²) in [6, 6.07) is 0. The van der Waals surface area contributed by atoms with Gasteiger partial charge in [0, 0.05) is 5.57 Å². The Hall–Kier alpha value is -0.980. The summed E-state index contributed by atoms with van der Waals surface area (Å²) in [5, 5.41) is 0. The SMILES string of the molecule is C.C1=CC2=CCOC2=C1. The summed E-state index contributed by atoms with van der Waals surface area (Å²) in [5.41, 5.74) is 1.24. The molecule has 1 heterocycles. The lowest BCUT2D eigenvalue weighted by Crippen LogP contribution is -1.78. The van der Waals surface area contributed by atoms with E-state index in [-0.39, 0.29) is 7.43 Å². The lowest BCUT2D eigenvalue weighted by molar-refractivity contribution is 0.278. The van der Waals surface area contributed by atoms with Gasteiger partial charge >= 0.3 is 0 Å². The van der Waals surface area contributed by atoms with Crippen LogP contribution in [0.15, 0.2) is 35.6 Å². The molecular weight excluding hydrogens is 112 g/mol. The second kappa shape index (κ2) is 2.09. The Bertz CT molecular complexity index is 197. The van der Waals surface area contributed by atoms with Gasteiger partial charge < -0.3 is 4.74 Å². The second-order valence-electron chi connectivity index (χ2n) is 1.86. The van der Waals surface area contributed by atoms with Crippen LogP contribution in [0.25, 0.3) is 0 Å². The van der Waals surface area contributed by atoms with Gasteiger partial charge in [0.15, 0.2) is 0 Å². The highest BCUT2D eigenvalue weighted by molar-refractivity contribution is 5.47. The van der Waals surface area contributed by atoms with E-state index in [4.69, 9.17) is 4.74 Å². The number of ether oxygens (including phenoxy) is 1. The summed E-state index contributed by atoms with van der Waals surface area (Å²) in [4.78, 5) is 0. The van der Waals surface area contributed by atoms with E-state index in [1.807, 2.05) is 12.2 Å². The van der Waals surface area contributed by atoms with Crippen LogP contribution in [0.5, 0.6) is 0 Å². The lowest BCUT2D eigenvalue weighted by Gasteiger charge is -1.92. The quantitative estimate of drug-likeness (QED) is 0.477. The Kier molecular flexibility index (Phi) is 1.43. The molecule has 0 unspecified atom stereocenters. The topological polar surface area (TPSA) is 9.23 Å². The molecule has 0 radical (unpaired) electrons. The molecule has 0 atom stereocenters. The van der Waals surface area contributed by atoms with Gasteiger partial charge in [0.2, 0.25) is 0 Å². The van der Waals surface area contributed by atoms with Crippen molar-refractivity contribution in [3.63, 3.8) is 0 Å². The van der Waals surface area contributed by atoms with Crippen molar-refractivity contribution < 1.29 is 4.74 Å². The van der Waals surface area contributed by atoms with Crippen molar-refractivity contribution in [3.8, 4) is 0 Å². The molecule has 0 aromatic heterocycles. The van der Waals surface area contributed by atoms with Gasteiger partial charge in [-0.1, -0.05) is 19.6 Å². The van der Waals surface area contributed by atoms with Crippen molar-refractivity contribution >= 4 is 0 Å². The van der Waals surface area contributed by atoms with E-state index < -0.39 is 0 Å². The van der Waals surface area contributed by atoms with Crippen LogP contribution in [0, 0.1) is 0 Å². The third kappa shape index (κ3) is 0.784. The van der Waals surface area contributed by atoms with E-state index in [1.54, 1.807) is 0 Å². The van der Waals surface area contributed by atoms with Crippen molar-refractivity contribution in [3.05, 3.63) is 35.6 Å². The van der Waals surface area contributed by atoms with Crippen LogP contribution in [-0.4, -0.2) is 6.61 Å². The van der Waals surface area contributed by atoms with Gasteiger partial charge in [0.25, 0.3) is 0 Å². The summed E-state index contributed by atoms with van der Waals surface area (Å²) in [6.07, 6.45) is 8.12. The van der Waals surface area contributed by atoms with Gasteiger partial charge in [0.1, 0.15) is 12.4 Å². The number of fused-ring (bicyclic) bond motifs is 1. The van der Waals surface area contributed by atoms with E-state index in [9.17, 15) is 0 Å². The summed E-state index contributed by atoms with van der Waals surface area (Å²) in [5.74, 6) is 1.03. The molecule has 0 saturated carbocycles. The Morgan fingerprint density at radius 1 is 1.44 bits per heavy atom. The van der Waals surface area contributed by atoms with Crippen molar-refractivity contribution in [2.45, 2.75) is 7.43 Å².